The fourth-order valence-electron chi connectivity index (χ4n) is 4.56. The van der Waals surface area contributed by atoms with Gasteiger partial charge in [-0.05, 0) is 56.4 Å². The summed E-state index contributed by atoms with van der Waals surface area (Å²) in [4.78, 5) is 11.6. The van der Waals surface area contributed by atoms with Crippen LogP contribution in [0.5, 0.6) is 0 Å². The number of rotatable bonds is 5. The molecule has 2 aliphatic heterocycles. The molecule has 2 N–H and O–H groups in total. The summed E-state index contributed by atoms with van der Waals surface area (Å²) in [6, 6.07) is 6.59. The Balaban J connectivity index is 1.50. The van der Waals surface area contributed by atoms with Crippen LogP contribution in [0.25, 0.3) is 11.3 Å². The lowest BCUT2D eigenvalue weighted by Crippen LogP contribution is -2.39. The SMILES string of the molecule is Cc1cc2c(cc1-c1ccnc(NCCN3CCOCC3)n1)NC(C)(C)C[C@H]2C. The number of ether oxygens (including phenoxy) is 1. The van der Waals surface area contributed by atoms with Crippen LogP contribution in [0.1, 0.15) is 44.2 Å². The Hall–Kier alpha value is -2.18. The van der Waals surface area contributed by atoms with Crippen molar-refractivity contribution in [1.29, 1.82) is 0 Å². The molecule has 29 heavy (non-hydrogen) atoms. The van der Waals surface area contributed by atoms with Crippen LogP contribution < -0.4 is 10.6 Å². The molecule has 0 amide bonds. The maximum Gasteiger partial charge on any atom is 0.223 e. The molecule has 0 bridgehead atoms. The zero-order valence-corrected chi connectivity index (χ0v) is 18.1. The van der Waals surface area contributed by atoms with Crippen LogP contribution in [0.3, 0.4) is 0 Å². The van der Waals surface area contributed by atoms with E-state index >= 15 is 0 Å². The van der Waals surface area contributed by atoms with Crippen molar-refractivity contribution in [3.05, 3.63) is 35.5 Å². The van der Waals surface area contributed by atoms with Gasteiger partial charge in [0.25, 0.3) is 0 Å². The molecular weight excluding hydrogens is 362 g/mol. The molecule has 4 rings (SSSR count). The van der Waals surface area contributed by atoms with Gasteiger partial charge in [-0.25, -0.2) is 9.97 Å². The van der Waals surface area contributed by atoms with E-state index in [0.717, 1.165) is 51.5 Å². The van der Waals surface area contributed by atoms with Crippen LogP contribution in [0.4, 0.5) is 11.6 Å². The first-order valence-electron chi connectivity index (χ1n) is 10.7. The number of hydrogen-bond donors (Lipinski definition) is 2. The van der Waals surface area contributed by atoms with Crippen molar-refractivity contribution < 1.29 is 4.74 Å². The standard InChI is InChI=1S/C23H33N5O/c1-16-13-18-17(2)15-23(3,4)27-21(18)14-19(16)20-5-6-24-22(26-20)25-7-8-28-9-11-29-12-10-28/h5-6,13-14,17,27H,7-12,15H2,1-4H3,(H,24,25,26)/t17-/m1/s1. The molecule has 2 aliphatic rings. The number of anilines is 2. The van der Waals surface area contributed by atoms with Gasteiger partial charge in [0.15, 0.2) is 0 Å². The zero-order valence-electron chi connectivity index (χ0n) is 18.1. The Morgan fingerprint density at radius 3 is 2.86 bits per heavy atom. The monoisotopic (exact) mass is 395 g/mol. The highest BCUT2D eigenvalue weighted by molar-refractivity contribution is 5.73. The first-order chi connectivity index (χ1) is 13.9. The molecular formula is C23H33N5O. The number of aryl methyl sites for hydroxylation is 1. The van der Waals surface area contributed by atoms with E-state index in [1.54, 1.807) is 0 Å². The van der Waals surface area contributed by atoms with E-state index in [1.807, 2.05) is 12.3 Å². The van der Waals surface area contributed by atoms with Gasteiger partial charge in [-0.1, -0.05) is 13.0 Å². The van der Waals surface area contributed by atoms with Crippen LogP contribution in [0.2, 0.25) is 0 Å². The minimum atomic E-state index is 0.108. The van der Waals surface area contributed by atoms with Gasteiger partial charge in [-0.15, -0.1) is 0 Å². The minimum absolute atomic E-state index is 0.108. The molecule has 1 aromatic heterocycles. The molecule has 3 heterocycles. The van der Waals surface area contributed by atoms with Gasteiger partial charge in [-0.2, -0.15) is 0 Å². The van der Waals surface area contributed by atoms with Crippen molar-refractivity contribution >= 4 is 11.6 Å². The lowest BCUT2D eigenvalue weighted by atomic mass is 9.80. The number of nitrogens with zero attached hydrogens (tertiary/aromatic N) is 3. The number of morpholine rings is 1. The molecule has 1 fully saturated rings. The highest BCUT2D eigenvalue weighted by atomic mass is 16.5. The normalized spacial score (nSPS) is 21.3. The Morgan fingerprint density at radius 2 is 2.07 bits per heavy atom. The van der Waals surface area contributed by atoms with Crippen molar-refractivity contribution in [2.45, 2.75) is 45.6 Å². The number of hydrogen-bond acceptors (Lipinski definition) is 6. The fraction of sp³-hybridized carbons (Fsp3) is 0.565. The summed E-state index contributed by atoms with van der Waals surface area (Å²) in [5.41, 5.74) is 6.14. The van der Waals surface area contributed by atoms with Crippen molar-refractivity contribution in [3.8, 4) is 11.3 Å². The third kappa shape index (κ3) is 4.70. The number of fused-ring (bicyclic) bond motifs is 1. The second kappa shape index (κ2) is 8.28. The maximum atomic E-state index is 5.41. The average Bonchev–Trinajstić information content (AvgIpc) is 2.69. The van der Waals surface area contributed by atoms with Gasteiger partial charge in [0, 0.05) is 49.2 Å². The Labute approximate surface area is 174 Å². The topological polar surface area (TPSA) is 62.3 Å². The second-order valence-electron chi connectivity index (χ2n) is 9.01. The van der Waals surface area contributed by atoms with E-state index in [1.165, 1.54) is 22.4 Å². The van der Waals surface area contributed by atoms with Crippen molar-refractivity contribution in [2.24, 2.45) is 0 Å². The highest BCUT2D eigenvalue weighted by Gasteiger charge is 2.29. The Bertz CT molecular complexity index is 860. The summed E-state index contributed by atoms with van der Waals surface area (Å²) >= 11 is 0. The number of aromatic nitrogens is 2. The molecule has 2 aromatic rings. The van der Waals surface area contributed by atoms with E-state index in [4.69, 9.17) is 9.72 Å². The van der Waals surface area contributed by atoms with Crippen LogP contribution in [-0.4, -0.2) is 59.8 Å². The van der Waals surface area contributed by atoms with Gasteiger partial charge in [0.1, 0.15) is 0 Å². The fourth-order valence-corrected chi connectivity index (χ4v) is 4.56. The molecule has 0 aliphatic carbocycles. The molecule has 0 unspecified atom stereocenters. The molecule has 156 valence electrons. The summed E-state index contributed by atoms with van der Waals surface area (Å²) in [6.07, 6.45) is 2.99. The molecule has 0 spiro atoms. The van der Waals surface area contributed by atoms with Crippen LogP contribution in [0.15, 0.2) is 24.4 Å². The first-order valence-corrected chi connectivity index (χ1v) is 10.7. The van der Waals surface area contributed by atoms with E-state index in [2.05, 4.69) is 60.3 Å². The lowest BCUT2D eigenvalue weighted by molar-refractivity contribution is 0.0398. The molecule has 6 nitrogen and oxygen atoms in total. The highest BCUT2D eigenvalue weighted by Crippen LogP contribution is 2.41. The number of benzene rings is 1. The largest absolute Gasteiger partial charge is 0.380 e. The predicted octanol–water partition coefficient (Wildman–Crippen LogP) is 3.89. The summed E-state index contributed by atoms with van der Waals surface area (Å²) in [5.74, 6) is 1.24. The average molecular weight is 396 g/mol. The van der Waals surface area contributed by atoms with E-state index in [9.17, 15) is 0 Å². The molecule has 1 atom stereocenters. The summed E-state index contributed by atoms with van der Waals surface area (Å²) in [7, 11) is 0. The van der Waals surface area contributed by atoms with Gasteiger partial charge in [0.05, 0.1) is 18.9 Å². The van der Waals surface area contributed by atoms with Gasteiger partial charge in [0.2, 0.25) is 5.95 Å². The van der Waals surface area contributed by atoms with Crippen LogP contribution in [0, 0.1) is 6.92 Å². The zero-order chi connectivity index (χ0) is 20.4. The third-order valence-corrected chi connectivity index (χ3v) is 5.96. The van der Waals surface area contributed by atoms with Gasteiger partial charge >= 0.3 is 0 Å². The molecule has 1 saturated heterocycles. The lowest BCUT2D eigenvalue weighted by Gasteiger charge is -2.38. The molecule has 6 heteroatoms. The predicted molar refractivity (Wildman–Crippen MR) is 119 cm³/mol. The minimum Gasteiger partial charge on any atom is -0.380 e. The second-order valence-corrected chi connectivity index (χ2v) is 9.01. The smallest absolute Gasteiger partial charge is 0.223 e. The molecule has 1 aromatic carbocycles. The molecule has 0 radical (unpaired) electrons. The summed E-state index contributed by atoms with van der Waals surface area (Å²) in [5, 5.41) is 7.10. The Kier molecular flexibility index (Phi) is 5.74. The number of nitrogens with one attached hydrogen (secondary N) is 2. The van der Waals surface area contributed by atoms with E-state index in [0.29, 0.717) is 11.9 Å². The van der Waals surface area contributed by atoms with E-state index in [-0.39, 0.29) is 5.54 Å². The van der Waals surface area contributed by atoms with Crippen molar-refractivity contribution in [3.63, 3.8) is 0 Å². The summed E-state index contributed by atoms with van der Waals surface area (Å²) < 4.78 is 5.41. The first kappa shape index (κ1) is 20.1. The third-order valence-electron chi connectivity index (χ3n) is 5.96. The maximum absolute atomic E-state index is 5.41. The van der Waals surface area contributed by atoms with E-state index < -0.39 is 0 Å². The van der Waals surface area contributed by atoms with Crippen LogP contribution in [-0.2, 0) is 4.74 Å². The Morgan fingerprint density at radius 1 is 1.28 bits per heavy atom. The summed E-state index contributed by atoms with van der Waals surface area (Å²) in [6.45, 7) is 14.5. The van der Waals surface area contributed by atoms with Crippen molar-refractivity contribution in [1.82, 2.24) is 14.9 Å². The molecule has 0 saturated carbocycles. The van der Waals surface area contributed by atoms with Gasteiger partial charge in [-0.3, -0.25) is 4.90 Å². The van der Waals surface area contributed by atoms with Crippen LogP contribution >= 0.6 is 0 Å². The quantitative estimate of drug-likeness (QED) is 0.801. The van der Waals surface area contributed by atoms with Crippen molar-refractivity contribution in [2.75, 3.05) is 50.0 Å². The van der Waals surface area contributed by atoms with Gasteiger partial charge < -0.3 is 15.4 Å².